The van der Waals surface area contributed by atoms with Crippen molar-refractivity contribution >= 4 is 67.3 Å². The van der Waals surface area contributed by atoms with Crippen LogP contribution in [0.4, 0.5) is 10.1 Å². The molecule has 1 fully saturated rings. The van der Waals surface area contributed by atoms with E-state index in [4.69, 9.17) is 14.6 Å². The summed E-state index contributed by atoms with van der Waals surface area (Å²) in [5.41, 5.74) is 0.979. The minimum atomic E-state index is -1.20. The number of amides is 1. The van der Waals surface area contributed by atoms with Gasteiger partial charge >= 0.3 is 5.97 Å². The summed E-state index contributed by atoms with van der Waals surface area (Å²) in [6.45, 7) is 5.20. The van der Waals surface area contributed by atoms with Crippen LogP contribution in [0.5, 0.6) is 11.5 Å². The summed E-state index contributed by atoms with van der Waals surface area (Å²) in [5.74, 6) is -0.827. The number of carbonyl (C=O) groups excluding carboxylic acids is 1. The van der Waals surface area contributed by atoms with Gasteiger partial charge in [0.25, 0.3) is 5.91 Å². The molecule has 0 bridgehead atoms. The van der Waals surface area contributed by atoms with Crippen molar-refractivity contribution in [2.24, 2.45) is 4.99 Å². The van der Waals surface area contributed by atoms with Crippen LogP contribution in [0.15, 0.2) is 58.4 Å². The van der Waals surface area contributed by atoms with Crippen LogP contribution in [0.3, 0.4) is 0 Å². The number of amidine groups is 1. The van der Waals surface area contributed by atoms with Crippen LogP contribution < -0.4 is 14.8 Å². The fraction of sp³-hybridized carbons (Fsp3) is 0.250. The zero-order chi connectivity index (χ0) is 27.2. The molecule has 1 unspecified atom stereocenters. The van der Waals surface area contributed by atoms with Gasteiger partial charge in [-0.15, -0.1) is 0 Å². The number of benzene rings is 3. The van der Waals surface area contributed by atoms with Gasteiger partial charge in [-0.1, -0.05) is 48.0 Å². The third-order valence-corrected chi connectivity index (χ3v) is 7.33. The number of carboxylic acids is 1. The lowest BCUT2D eigenvalue weighted by molar-refractivity contribution is -0.136. The number of ether oxygens (including phenoxy) is 2. The molecule has 0 aromatic heterocycles. The predicted octanol–water partition coefficient (Wildman–Crippen LogP) is 6.97. The lowest BCUT2D eigenvalue weighted by atomic mass is 10.0. The highest BCUT2D eigenvalue weighted by Gasteiger charge is 2.25. The normalized spacial score (nSPS) is 16.2. The Morgan fingerprint density at radius 1 is 1.13 bits per heavy atom. The number of nitrogens with zero attached hydrogens (tertiary/aromatic N) is 1. The standard InChI is InChI=1S/C28H26BrFN2O5S/c1-3-10-36-22-7-5-6-16-12-17(23(15-20(16)22)37-11-4-2)13-24-26(33)32-28(38-24)31-18-8-9-19(21(30)14-18)25(29)27(34)35/h5-9,12-15,25H,3-4,10-11H2,1-2H3,(H,34,35)(H,31,32,33). The summed E-state index contributed by atoms with van der Waals surface area (Å²) in [6, 6.07) is 13.7. The smallest absolute Gasteiger partial charge is 0.321 e. The number of fused-ring (bicyclic) bond motifs is 1. The molecule has 1 amide bonds. The van der Waals surface area contributed by atoms with Gasteiger partial charge in [0, 0.05) is 16.5 Å². The number of hydrogen-bond acceptors (Lipinski definition) is 6. The molecule has 3 aromatic carbocycles. The highest BCUT2D eigenvalue weighted by molar-refractivity contribution is 9.09. The van der Waals surface area contributed by atoms with E-state index in [1.165, 1.54) is 12.1 Å². The van der Waals surface area contributed by atoms with Gasteiger partial charge in [-0.25, -0.2) is 9.38 Å². The Bertz CT molecular complexity index is 1440. The first-order chi connectivity index (χ1) is 18.3. The van der Waals surface area contributed by atoms with E-state index in [0.29, 0.717) is 23.9 Å². The second-order valence-electron chi connectivity index (χ2n) is 8.45. The van der Waals surface area contributed by atoms with Gasteiger partial charge in [0.15, 0.2) is 5.17 Å². The third-order valence-electron chi connectivity index (χ3n) is 5.54. The van der Waals surface area contributed by atoms with Crippen molar-refractivity contribution in [3.8, 4) is 11.5 Å². The SMILES string of the molecule is CCCOc1cc2c(OCCC)cccc2cc1C=C1SC(=Nc2ccc(C(Br)C(=O)O)c(F)c2)NC1=O. The molecule has 3 aromatic rings. The summed E-state index contributed by atoms with van der Waals surface area (Å²) in [7, 11) is 0. The monoisotopic (exact) mass is 600 g/mol. The Labute approximate surface area is 232 Å². The van der Waals surface area contributed by atoms with Crippen molar-refractivity contribution in [2.75, 3.05) is 13.2 Å². The Kier molecular flexibility index (Phi) is 9.06. The van der Waals surface area contributed by atoms with E-state index >= 15 is 0 Å². The summed E-state index contributed by atoms with van der Waals surface area (Å²) in [4.78, 5) is 27.4. The van der Waals surface area contributed by atoms with Crippen LogP contribution in [-0.4, -0.2) is 35.4 Å². The van der Waals surface area contributed by atoms with E-state index in [-0.39, 0.29) is 22.3 Å². The summed E-state index contributed by atoms with van der Waals surface area (Å²) in [5, 5.41) is 14.0. The van der Waals surface area contributed by atoms with Gasteiger partial charge in [0.2, 0.25) is 0 Å². The largest absolute Gasteiger partial charge is 0.493 e. The number of nitrogens with one attached hydrogen (secondary N) is 1. The average Bonchev–Trinajstić information content (AvgIpc) is 3.23. The first kappa shape index (κ1) is 27.7. The predicted molar refractivity (Wildman–Crippen MR) is 152 cm³/mol. The van der Waals surface area contributed by atoms with Gasteiger partial charge in [-0.3, -0.25) is 9.59 Å². The average molecular weight is 601 g/mol. The molecule has 0 spiro atoms. The second-order valence-corrected chi connectivity index (χ2v) is 10.4. The lowest BCUT2D eigenvalue weighted by Gasteiger charge is -2.13. The fourth-order valence-corrected chi connectivity index (χ4v) is 4.95. The molecule has 38 heavy (non-hydrogen) atoms. The van der Waals surface area contributed by atoms with Gasteiger partial charge < -0.3 is 19.9 Å². The minimum absolute atomic E-state index is 0.00990. The molecule has 1 aliphatic heterocycles. The van der Waals surface area contributed by atoms with Crippen molar-refractivity contribution in [3.05, 3.63) is 70.4 Å². The number of alkyl halides is 1. The Morgan fingerprint density at radius 2 is 1.87 bits per heavy atom. The lowest BCUT2D eigenvalue weighted by Crippen LogP contribution is -2.19. The van der Waals surface area contributed by atoms with Crippen LogP contribution in [-0.2, 0) is 9.59 Å². The third kappa shape index (κ3) is 6.36. The van der Waals surface area contributed by atoms with E-state index in [2.05, 4.69) is 33.2 Å². The van der Waals surface area contributed by atoms with Crippen molar-refractivity contribution in [1.29, 1.82) is 0 Å². The van der Waals surface area contributed by atoms with Crippen LogP contribution in [0.1, 0.15) is 42.6 Å². The van der Waals surface area contributed by atoms with Crippen LogP contribution in [0.25, 0.3) is 16.8 Å². The van der Waals surface area contributed by atoms with Crippen molar-refractivity contribution in [2.45, 2.75) is 31.5 Å². The molecule has 7 nitrogen and oxygen atoms in total. The van der Waals surface area contributed by atoms with Crippen molar-refractivity contribution in [3.63, 3.8) is 0 Å². The second kappa shape index (κ2) is 12.4. The molecular weight excluding hydrogens is 575 g/mol. The molecule has 0 radical (unpaired) electrons. The van der Waals surface area contributed by atoms with Gasteiger partial charge in [-0.2, -0.15) is 0 Å². The van der Waals surface area contributed by atoms with Crippen LogP contribution in [0, 0.1) is 5.82 Å². The maximum Gasteiger partial charge on any atom is 0.321 e. The summed E-state index contributed by atoms with van der Waals surface area (Å²) in [6.07, 6.45) is 3.47. The molecule has 2 N–H and O–H groups in total. The van der Waals surface area contributed by atoms with Gasteiger partial charge in [0.05, 0.1) is 23.8 Å². The quantitative estimate of drug-likeness (QED) is 0.193. The number of hydrogen-bond donors (Lipinski definition) is 2. The number of aliphatic carboxylic acids is 1. The molecule has 198 valence electrons. The van der Waals surface area contributed by atoms with E-state index in [0.717, 1.165) is 52.8 Å². The molecule has 4 rings (SSSR count). The molecule has 0 aliphatic carbocycles. The van der Waals surface area contributed by atoms with Crippen LogP contribution in [0.2, 0.25) is 0 Å². The molecule has 0 saturated carbocycles. The zero-order valence-electron chi connectivity index (χ0n) is 20.8. The Morgan fingerprint density at radius 3 is 2.55 bits per heavy atom. The number of thioether (sulfide) groups is 1. The molecule has 10 heteroatoms. The Balaban J connectivity index is 1.64. The van der Waals surface area contributed by atoms with Crippen molar-refractivity contribution in [1.82, 2.24) is 5.32 Å². The molecule has 1 aliphatic rings. The van der Waals surface area contributed by atoms with E-state index in [9.17, 15) is 14.0 Å². The van der Waals surface area contributed by atoms with Crippen molar-refractivity contribution < 1.29 is 28.6 Å². The molecule has 1 heterocycles. The maximum absolute atomic E-state index is 14.5. The first-order valence-electron chi connectivity index (χ1n) is 12.1. The number of halogens is 2. The number of rotatable bonds is 10. The molecule has 1 saturated heterocycles. The molecular formula is C28H26BrFN2O5S. The van der Waals surface area contributed by atoms with E-state index in [1.807, 2.05) is 37.3 Å². The van der Waals surface area contributed by atoms with E-state index in [1.54, 1.807) is 6.08 Å². The molecule has 1 atom stereocenters. The maximum atomic E-state index is 14.5. The number of carboxylic acid groups (broad SMARTS) is 1. The summed E-state index contributed by atoms with van der Waals surface area (Å²) < 4.78 is 26.4. The fourth-order valence-electron chi connectivity index (χ4n) is 3.75. The summed E-state index contributed by atoms with van der Waals surface area (Å²) >= 11 is 4.08. The highest BCUT2D eigenvalue weighted by Crippen LogP contribution is 2.36. The van der Waals surface area contributed by atoms with Gasteiger partial charge in [0.1, 0.15) is 22.1 Å². The topological polar surface area (TPSA) is 97.2 Å². The first-order valence-corrected chi connectivity index (χ1v) is 13.8. The zero-order valence-corrected chi connectivity index (χ0v) is 23.2. The number of carbonyl (C=O) groups is 2. The van der Waals surface area contributed by atoms with E-state index < -0.39 is 16.6 Å². The number of aliphatic imine (C=N–C) groups is 1. The minimum Gasteiger partial charge on any atom is -0.493 e. The van der Waals surface area contributed by atoms with Gasteiger partial charge in [-0.05, 0) is 66.4 Å². The van der Waals surface area contributed by atoms with Crippen LogP contribution >= 0.6 is 27.7 Å². The highest BCUT2D eigenvalue weighted by atomic mass is 79.9. The Hall–Kier alpha value is -3.37.